The van der Waals surface area contributed by atoms with Gasteiger partial charge in [-0.2, -0.15) is 5.26 Å². The summed E-state index contributed by atoms with van der Waals surface area (Å²) in [5, 5.41) is 18.3. The van der Waals surface area contributed by atoms with Crippen molar-refractivity contribution in [3.8, 4) is 6.07 Å². The third-order valence-corrected chi connectivity index (χ3v) is 3.30. The largest absolute Gasteiger partial charge is 0.396 e. The number of rotatable bonds is 3. The summed E-state index contributed by atoms with van der Waals surface area (Å²) in [5.41, 5.74) is 1.27. The van der Waals surface area contributed by atoms with Crippen LogP contribution in [0.25, 0.3) is 0 Å². The van der Waals surface area contributed by atoms with Crippen LogP contribution in [0.1, 0.15) is 12.0 Å². The Hall–Kier alpha value is -1.37. The molecule has 2 rings (SSSR count). The Balaban J connectivity index is 1.98. The van der Waals surface area contributed by atoms with E-state index in [0.29, 0.717) is 0 Å². The van der Waals surface area contributed by atoms with Crippen LogP contribution in [-0.2, 0) is 6.54 Å². The van der Waals surface area contributed by atoms with Crippen LogP contribution in [0.4, 0.5) is 0 Å². The van der Waals surface area contributed by atoms with Crippen molar-refractivity contribution in [1.82, 2.24) is 4.90 Å². The molecule has 3 heteroatoms. The van der Waals surface area contributed by atoms with E-state index in [1.54, 1.807) is 0 Å². The van der Waals surface area contributed by atoms with Gasteiger partial charge in [0.05, 0.1) is 12.0 Å². The van der Waals surface area contributed by atoms with Crippen LogP contribution in [0.15, 0.2) is 30.3 Å². The monoisotopic (exact) mass is 230 g/mol. The minimum absolute atomic E-state index is 0.0598. The van der Waals surface area contributed by atoms with E-state index in [1.807, 2.05) is 18.2 Å². The number of benzene rings is 1. The van der Waals surface area contributed by atoms with Crippen LogP contribution in [-0.4, -0.2) is 29.7 Å². The van der Waals surface area contributed by atoms with Crippen molar-refractivity contribution in [2.45, 2.75) is 13.0 Å². The maximum atomic E-state index is 9.25. The highest BCUT2D eigenvalue weighted by Gasteiger charge is 2.26. The van der Waals surface area contributed by atoms with Crippen molar-refractivity contribution < 1.29 is 5.11 Å². The average molecular weight is 230 g/mol. The summed E-state index contributed by atoms with van der Waals surface area (Å²) in [6.07, 6.45) is 0.832. The van der Waals surface area contributed by atoms with Crippen molar-refractivity contribution >= 4 is 0 Å². The molecule has 0 amide bonds. The molecule has 3 nitrogen and oxygen atoms in total. The van der Waals surface area contributed by atoms with E-state index in [2.05, 4.69) is 23.1 Å². The molecule has 1 fully saturated rings. The van der Waals surface area contributed by atoms with Gasteiger partial charge in [0.1, 0.15) is 0 Å². The number of hydrogen-bond acceptors (Lipinski definition) is 3. The van der Waals surface area contributed by atoms with Crippen LogP contribution < -0.4 is 0 Å². The van der Waals surface area contributed by atoms with Crippen molar-refractivity contribution in [1.29, 1.82) is 5.26 Å². The Morgan fingerprint density at radius 3 is 2.71 bits per heavy atom. The Morgan fingerprint density at radius 2 is 2.06 bits per heavy atom. The molecule has 0 bridgehead atoms. The fraction of sp³-hybridized carbons (Fsp3) is 0.500. The summed E-state index contributed by atoms with van der Waals surface area (Å²) in [5.74, 6) is 0.307. The van der Waals surface area contributed by atoms with Gasteiger partial charge in [-0.15, -0.1) is 0 Å². The van der Waals surface area contributed by atoms with Gasteiger partial charge in [0.25, 0.3) is 0 Å². The lowest BCUT2D eigenvalue weighted by Gasteiger charge is -2.34. The van der Waals surface area contributed by atoms with Crippen LogP contribution in [0.2, 0.25) is 0 Å². The van der Waals surface area contributed by atoms with Gasteiger partial charge in [0.15, 0.2) is 0 Å². The number of aliphatic hydroxyl groups excluding tert-OH is 1. The highest BCUT2D eigenvalue weighted by Crippen LogP contribution is 2.22. The van der Waals surface area contributed by atoms with E-state index in [4.69, 9.17) is 5.26 Å². The fourth-order valence-electron chi connectivity index (χ4n) is 2.50. The molecule has 0 saturated carbocycles. The Bertz CT molecular complexity index is 385. The summed E-state index contributed by atoms with van der Waals surface area (Å²) in [7, 11) is 0. The lowest BCUT2D eigenvalue weighted by molar-refractivity contribution is 0.0959. The lowest BCUT2D eigenvalue weighted by atomic mass is 9.90. The van der Waals surface area contributed by atoms with E-state index in [1.165, 1.54) is 5.56 Å². The molecule has 1 saturated heterocycles. The van der Waals surface area contributed by atoms with Gasteiger partial charge in [0, 0.05) is 26.2 Å². The SMILES string of the molecule is N#CC1CC(CO)CN(Cc2ccccc2)C1. The molecular formula is C14H18N2O. The number of piperidine rings is 1. The van der Waals surface area contributed by atoms with Crippen molar-refractivity contribution in [2.75, 3.05) is 19.7 Å². The van der Waals surface area contributed by atoms with E-state index in [0.717, 1.165) is 26.1 Å². The summed E-state index contributed by atoms with van der Waals surface area (Å²) in [4.78, 5) is 2.27. The number of aliphatic hydroxyl groups is 1. The number of likely N-dealkylation sites (tertiary alicyclic amines) is 1. The van der Waals surface area contributed by atoms with Gasteiger partial charge in [-0.25, -0.2) is 0 Å². The van der Waals surface area contributed by atoms with E-state index in [-0.39, 0.29) is 18.4 Å². The third-order valence-electron chi connectivity index (χ3n) is 3.30. The van der Waals surface area contributed by atoms with E-state index < -0.39 is 0 Å². The molecule has 2 atom stereocenters. The van der Waals surface area contributed by atoms with Crippen molar-refractivity contribution in [2.24, 2.45) is 11.8 Å². The molecule has 2 unspecified atom stereocenters. The first-order chi connectivity index (χ1) is 8.31. The number of hydrogen-bond donors (Lipinski definition) is 1. The Labute approximate surface area is 102 Å². The highest BCUT2D eigenvalue weighted by atomic mass is 16.3. The molecule has 0 aliphatic carbocycles. The van der Waals surface area contributed by atoms with Crippen molar-refractivity contribution in [3.05, 3.63) is 35.9 Å². The Morgan fingerprint density at radius 1 is 1.29 bits per heavy atom. The molecule has 90 valence electrons. The molecule has 1 aliphatic heterocycles. The second kappa shape index (κ2) is 5.81. The van der Waals surface area contributed by atoms with Gasteiger partial charge in [0.2, 0.25) is 0 Å². The number of nitrogens with zero attached hydrogens (tertiary/aromatic N) is 2. The minimum atomic E-state index is 0.0598. The van der Waals surface area contributed by atoms with Crippen LogP contribution in [0, 0.1) is 23.2 Å². The zero-order valence-corrected chi connectivity index (χ0v) is 9.92. The second-order valence-electron chi connectivity index (χ2n) is 4.79. The summed E-state index contributed by atoms with van der Waals surface area (Å²) >= 11 is 0. The minimum Gasteiger partial charge on any atom is -0.396 e. The predicted octanol–water partition coefficient (Wildman–Crippen LogP) is 1.64. The Kier molecular flexibility index (Phi) is 4.13. The van der Waals surface area contributed by atoms with Gasteiger partial charge >= 0.3 is 0 Å². The van der Waals surface area contributed by atoms with Crippen LogP contribution in [0.5, 0.6) is 0 Å². The summed E-state index contributed by atoms with van der Waals surface area (Å²) in [6, 6.07) is 12.6. The molecule has 1 aromatic rings. The van der Waals surface area contributed by atoms with Crippen LogP contribution >= 0.6 is 0 Å². The van der Waals surface area contributed by atoms with Crippen molar-refractivity contribution in [3.63, 3.8) is 0 Å². The van der Waals surface area contributed by atoms with Gasteiger partial charge < -0.3 is 5.11 Å². The lowest BCUT2D eigenvalue weighted by Crippen LogP contribution is -2.40. The van der Waals surface area contributed by atoms with E-state index in [9.17, 15) is 5.11 Å². The molecule has 17 heavy (non-hydrogen) atoms. The molecular weight excluding hydrogens is 212 g/mol. The van der Waals surface area contributed by atoms with E-state index >= 15 is 0 Å². The van der Waals surface area contributed by atoms with Gasteiger partial charge in [-0.3, -0.25) is 4.90 Å². The van der Waals surface area contributed by atoms with Crippen LogP contribution in [0.3, 0.4) is 0 Å². The zero-order chi connectivity index (χ0) is 12.1. The standard InChI is InChI=1S/C14H18N2O/c15-7-13-6-14(11-17)10-16(9-13)8-12-4-2-1-3-5-12/h1-5,13-14,17H,6,8-11H2. The normalized spacial score (nSPS) is 25.4. The molecule has 1 aromatic carbocycles. The molecule has 0 aromatic heterocycles. The third kappa shape index (κ3) is 3.29. The molecule has 0 spiro atoms. The zero-order valence-electron chi connectivity index (χ0n) is 9.92. The molecule has 1 heterocycles. The fourth-order valence-corrected chi connectivity index (χ4v) is 2.50. The quantitative estimate of drug-likeness (QED) is 0.858. The maximum absolute atomic E-state index is 9.25. The second-order valence-corrected chi connectivity index (χ2v) is 4.79. The van der Waals surface area contributed by atoms with Gasteiger partial charge in [-0.1, -0.05) is 30.3 Å². The maximum Gasteiger partial charge on any atom is 0.0669 e. The molecule has 1 aliphatic rings. The predicted molar refractivity (Wildman–Crippen MR) is 66.0 cm³/mol. The highest BCUT2D eigenvalue weighted by molar-refractivity contribution is 5.14. The summed E-state index contributed by atoms with van der Waals surface area (Å²) in [6.45, 7) is 2.77. The first-order valence-electron chi connectivity index (χ1n) is 6.08. The molecule has 0 radical (unpaired) electrons. The topological polar surface area (TPSA) is 47.3 Å². The first kappa shape index (κ1) is 12.1. The van der Waals surface area contributed by atoms with Gasteiger partial charge in [-0.05, 0) is 17.9 Å². The molecule has 1 N–H and O–H groups in total. The smallest absolute Gasteiger partial charge is 0.0669 e. The average Bonchev–Trinajstić information content (AvgIpc) is 2.39. The number of nitriles is 1. The first-order valence-corrected chi connectivity index (χ1v) is 6.08. The summed E-state index contributed by atoms with van der Waals surface area (Å²) < 4.78 is 0.